The zero-order chi connectivity index (χ0) is 17.9. The van der Waals surface area contributed by atoms with Crippen LogP contribution in [0.2, 0.25) is 5.02 Å². The van der Waals surface area contributed by atoms with Crippen LogP contribution in [0, 0.1) is 0 Å². The fourth-order valence-electron chi connectivity index (χ4n) is 2.68. The van der Waals surface area contributed by atoms with E-state index >= 15 is 0 Å². The molecule has 3 aromatic carbocycles. The van der Waals surface area contributed by atoms with Crippen LogP contribution in [0.25, 0.3) is 11.1 Å². The van der Waals surface area contributed by atoms with Gasteiger partial charge in [-0.15, -0.1) is 0 Å². The largest absolute Gasteiger partial charge is 0.267 e. The molecule has 0 N–H and O–H groups in total. The van der Waals surface area contributed by atoms with Gasteiger partial charge in [0.25, 0.3) is 10.0 Å². The summed E-state index contributed by atoms with van der Waals surface area (Å²) < 4.78 is 27.4. The summed E-state index contributed by atoms with van der Waals surface area (Å²) in [5.74, 6) is 0. The van der Waals surface area contributed by atoms with Gasteiger partial charge < -0.3 is 0 Å². The van der Waals surface area contributed by atoms with Crippen molar-refractivity contribution in [3.8, 4) is 11.1 Å². The highest BCUT2D eigenvalue weighted by Gasteiger charge is 2.23. The second kappa shape index (κ2) is 7.30. The van der Waals surface area contributed by atoms with Gasteiger partial charge >= 0.3 is 0 Å². The number of benzene rings is 3. The highest BCUT2D eigenvalue weighted by atomic mass is 35.5. The summed E-state index contributed by atoms with van der Waals surface area (Å²) in [7, 11) is -3.63. The maximum absolute atomic E-state index is 13.0. The molecule has 0 aliphatic heterocycles. The van der Waals surface area contributed by atoms with Gasteiger partial charge in [0.2, 0.25) is 0 Å². The molecule has 0 aliphatic carbocycles. The van der Waals surface area contributed by atoms with Crippen molar-refractivity contribution in [2.24, 2.45) is 0 Å². The summed E-state index contributed by atoms with van der Waals surface area (Å²) in [6.45, 7) is 2.15. The molecule has 3 rings (SSSR count). The lowest BCUT2D eigenvalue weighted by Gasteiger charge is -2.23. The minimum atomic E-state index is -3.63. The van der Waals surface area contributed by atoms with Crippen LogP contribution in [0.5, 0.6) is 0 Å². The Morgan fingerprint density at radius 2 is 1.36 bits per heavy atom. The number of nitrogens with zero attached hydrogens (tertiary/aromatic N) is 1. The molecule has 0 atom stereocenters. The quantitative estimate of drug-likeness (QED) is 0.616. The van der Waals surface area contributed by atoms with Gasteiger partial charge in [-0.25, -0.2) is 8.42 Å². The summed E-state index contributed by atoms with van der Waals surface area (Å²) in [5.41, 5.74) is 2.63. The summed E-state index contributed by atoms with van der Waals surface area (Å²) in [6.07, 6.45) is 0. The molecule has 0 fully saturated rings. The van der Waals surface area contributed by atoms with Crippen molar-refractivity contribution >= 4 is 27.3 Å². The lowest BCUT2D eigenvalue weighted by atomic mass is 10.1. The van der Waals surface area contributed by atoms with Gasteiger partial charge in [0.15, 0.2) is 0 Å². The molecule has 0 spiro atoms. The Bertz CT molecular complexity index is 937. The molecule has 3 aromatic rings. The second-order valence-electron chi connectivity index (χ2n) is 5.54. The van der Waals surface area contributed by atoms with Gasteiger partial charge in [0, 0.05) is 11.6 Å². The Labute approximate surface area is 153 Å². The number of halogens is 1. The smallest absolute Gasteiger partial charge is 0.264 e. The molecule has 25 heavy (non-hydrogen) atoms. The highest BCUT2D eigenvalue weighted by Crippen LogP contribution is 2.27. The first-order valence-corrected chi connectivity index (χ1v) is 9.78. The van der Waals surface area contributed by atoms with Crippen LogP contribution in [0.15, 0.2) is 83.8 Å². The van der Waals surface area contributed by atoms with E-state index < -0.39 is 10.0 Å². The van der Waals surface area contributed by atoms with Crippen molar-refractivity contribution in [2.45, 2.75) is 11.8 Å². The van der Waals surface area contributed by atoms with Crippen molar-refractivity contribution in [3.05, 3.63) is 83.9 Å². The van der Waals surface area contributed by atoms with E-state index in [1.165, 1.54) is 4.31 Å². The topological polar surface area (TPSA) is 37.4 Å². The van der Waals surface area contributed by atoms with Crippen LogP contribution in [0.1, 0.15) is 6.92 Å². The van der Waals surface area contributed by atoms with Crippen LogP contribution in [0.4, 0.5) is 5.69 Å². The van der Waals surface area contributed by atoms with Crippen molar-refractivity contribution in [1.82, 2.24) is 0 Å². The number of anilines is 1. The summed E-state index contributed by atoms with van der Waals surface area (Å²) in [4.78, 5) is 0.268. The van der Waals surface area contributed by atoms with E-state index in [1.807, 2.05) is 49.4 Å². The zero-order valence-electron chi connectivity index (χ0n) is 13.8. The maximum Gasteiger partial charge on any atom is 0.264 e. The predicted octanol–water partition coefficient (Wildman–Crippen LogP) is 5.22. The molecule has 3 nitrogen and oxygen atoms in total. The van der Waals surface area contributed by atoms with Crippen molar-refractivity contribution in [1.29, 1.82) is 0 Å². The minimum Gasteiger partial charge on any atom is -0.267 e. The molecule has 128 valence electrons. The number of hydrogen-bond acceptors (Lipinski definition) is 2. The molecule has 0 aliphatic rings. The van der Waals surface area contributed by atoms with Crippen molar-refractivity contribution in [3.63, 3.8) is 0 Å². The fraction of sp³-hybridized carbons (Fsp3) is 0.100. The van der Waals surface area contributed by atoms with Crippen LogP contribution in [0.3, 0.4) is 0 Å². The molecule has 0 heterocycles. The van der Waals surface area contributed by atoms with E-state index in [-0.39, 0.29) is 4.90 Å². The molecule has 0 bridgehead atoms. The lowest BCUT2D eigenvalue weighted by Crippen LogP contribution is -2.30. The Hall–Kier alpha value is -2.30. The van der Waals surface area contributed by atoms with E-state index in [1.54, 1.807) is 36.4 Å². The first-order chi connectivity index (χ1) is 12.0. The predicted molar refractivity (Wildman–Crippen MR) is 104 cm³/mol. The van der Waals surface area contributed by atoms with E-state index in [2.05, 4.69) is 0 Å². The number of rotatable bonds is 5. The van der Waals surface area contributed by atoms with Crippen LogP contribution in [-0.2, 0) is 10.0 Å². The van der Waals surface area contributed by atoms with Gasteiger partial charge in [-0.1, -0.05) is 54.1 Å². The van der Waals surface area contributed by atoms with Gasteiger partial charge in [0.05, 0.1) is 10.6 Å². The third-order valence-corrected chi connectivity index (χ3v) is 6.12. The summed E-state index contributed by atoms with van der Waals surface area (Å²) >= 11 is 5.90. The summed E-state index contributed by atoms with van der Waals surface area (Å²) in [5, 5.41) is 0.574. The fourth-order valence-corrected chi connectivity index (χ4v) is 4.28. The first-order valence-electron chi connectivity index (χ1n) is 7.96. The molecule has 5 heteroatoms. The average Bonchev–Trinajstić information content (AvgIpc) is 2.64. The second-order valence-corrected chi connectivity index (χ2v) is 7.84. The van der Waals surface area contributed by atoms with Crippen molar-refractivity contribution < 1.29 is 8.42 Å². The SMILES string of the molecule is CCN(c1ccc(Cl)cc1)S(=O)(=O)c1ccc(-c2ccccc2)cc1. The summed E-state index contributed by atoms with van der Waals surface area (Å²) in [6, 6.07) is 23.6. The number of hydrogen-bond donors (Lipinski definition) is 0. The van der Waals surface area contributed by atoms with Gasteiger partial charge in [0.1, 0.15) is 0 Å². The molecular formula is C20H18ClNO2S. The molecule has 0 saturated carbocycles. The van der Waals surface area contributed by atoms with Crippen LogP contribution in [-0.4, -0.2) is 15.0 Å². The Morgan fingerprint density at radius 1 is 0.800 bits per heavy atom. The first kappa shape index (κ1) is 17.5. The van der Waals surface area contributed by atoms with Crippen molar-refractivity contribution in [2.75, 3.05) is 10.8 Å². The zero-order valence-corrected chi connectivity index (χ0v) is 15.3. The standard InChI is InChI=1S/C20H18ClNO2S/c1-2-22(19-12-10-18(21)11-13-19)25(23,24)20-14-8-17(9-15-20)16-6-4-3-5-7-16/h3-15H,2H2,1H3. The molecular weight excluding hydrogens is 354 g/mol. The monoisotopic (exact) mass is 371 g/mol. The third-order valence-electron chi connectivity index (χ3n) is 3.95. The number of sulfonamides is 1. The molecule has 0 amide bonds. The third kappa shape index (κ3) is 3.70. The van der Waals surface area contributed by atoms with Gasteiger partial charge in [-0.2, -0.15) is 0 Å². The minimum absolute atomic E-state index is 0.268. The average molecular weight is 372 g/mol. The molecule has 0 radical (unpaired) electrons. The van der Waals surface area contributed by atoms with E-state index in [0.29, 0.717) is 17.3 Å². The van der Waals surface area contributed by atoms with Crippen LogP contribution >= 0.6 is 11.6 Å². The normalized spacial score (nSPS) is 11.3. The maximum atomic E-state index is 13.0. The molecule has 0 aromatic heterocycles. The van der Waals surface area contributed by atoms with E-state index in [9.17, 15) is 8.42 Å². The van der Waals surface area contributed by atoms with Gasteiger partial charge in [-0.05, 0) is 54.4 Å². The van der Waals surface area contributed by atoms with E-state index in [0.717, 1.165) is 11.1 Å². The Morgan fingerprint density at radius 3 is 1.92 bits per heavy atom. The van der Waals surface area contributed by atoms with Crippen LogP contribution < -0.4 is 4.31 Å². The van der Waals surface area contributed by atoms with Gasteiger partial charge in [-0.3, -0.25) is 4.31 Å². The molecule has 0 saturated heterocycles. The lowest BCUT2D eigenvalue weighted by molar-refractivity contribution is 0.592. The Kier molecular flexibility index (Phi) is 5.11. The Balaban J connectivity index is 1.94. The molecule has 0 unspecified atom stereocenters. The highest BCUT2D eigenvalue weighted by molar-refractivity contribution is 7.92. The van der Waals surface area contributed by atoms with E-state index in [4.69, 9.17) is 11.6 Å².